The summed E-state index contributed by atoms with van der Waals surface area (Å²) >= 11 is 6.52. The third kappa shape index (κ3) is 4.84. The average Bonchev–Trinajstić information content (AvgIpc) is 3.01. The molecule has 2 amide bonds. The predicted molar refractivity (Wildman–Crippen MR) is 124 cm³/mol. The maximum atomic E-state index is 12.0. The van der Waals surface area contributed by atoms with Gasteiger partial charge in [0, 0.05) is 24.0 Å². The number of benzene rings is 2. The number of rotatable bonds is 6. The molecule has 3 aromatic rings. The van der Waals surface area contributed by atoms with Crippen LogP contribution in [0.5, 0.6) is 5.75 Å². The summed E-state index contributed by atoms with van der Waals surface area (Å²) in [6.45, 7) is 8.40. The molecule has 0 aliphatic rings. The fourth-order valence-corrected chi connectivity index (χ4v) is 3.77. The van der Waals surface area contributed by atoms with Crippen LogP contribution >= 0.6 is 11.6 Å². The number of hydrogen-bond donors (Lipinski definition) is 2. The maximum Gasteiger partial charge on any atom is 0.335 e. The van der Waals surface area contributed by atoms with Gasteiger partial charge in [0.25, 0.3) is 0 Å². The summed E-state index contributed by atoms with van der Waals surface area (Å²) in [6.07, 6.45) is 0.932. The van der Waals surface area contributed by atoms with E-state index in [4.69, 9.17) is 22.2 Å². The van der Waals surface area contributed by atoms with E-state index in [2.05, 4.69) is 24.3 Å². The Balaban J connectivity index is 1.82. The van der Waals surface area contributed by atoms with E-state index in [9.17, 15) is 4.79 Å². The van der Waals surface area contributed by atoms with Crippen LogP contribution in [0.2, 0.25) is 5.02 Å². The summed E-state index contributed by atoms with van der Waals surface area (Å²) in [6, 6.07) is 10.8. The third-order valence-corrected chi connectivity index (χ3v) is 5.59. The zero-order valence-electron chi connectivity index (χ0n) is 18.5. The van der Waals surface area contributed by atoms with Crippen LogP contribution in [-0.2, 0) is 13.0 Å². The van der Waals surface area contributed by atoms with Crippen molar-refractivity contribution in [1.82, 2.24) is 14.8 Å². The zero-order valence-corrected chi connectivity index (χ0v) is 19.2. The number of carbonyl (C=O) groups excluding carboxylic acids is 1. The molecular weight excluding hydrogens is 414 g/mol. The van der Waals surface area contributed by atoms with Crippen molar-refractivity contribution in [3.05, 3.63) is 69.5 Å². The van der Waals surface area contributed by atoms with Crippen molar-refractivity contribution < 1.29 is 9.53 Å². The molecule has 0 saturated heterocycles. The number of hydrogen-bond acceptors (Lipinski definition) is 4. The molecule has 1 aromatic heterocycles. The van der Waals surface area contributed by atoms with Gasteiger partial charge in [-0.25, -0.2) is 15.3 Å². The van der Waals surface area contributed by atoms with Gasteiger partial charge in [-0.3, -0.25) is 5.01 Å². The average molecular weight is 442 g/mol. The normalized spacial score (nSPS) is 10.8. The molecule has 0 spiro atoms. The lowest BCUT2D eigenvalue weighted by Gasteiger charge is -2.17. The molecule has 164 valence electrons. The highest BCUT2D eigenvalue weighted by molar-refractivity contribution is 6.32. The summed E-state index contributed by atoms with van der Waals surface area (Å²) in [7, 11) is 1.48. The van der Waals surface area contributed by atoms with E-state index in [1.165, 1.54) is 12.6 Å². The number of nitrogens with one attached hydrogen (secondary N) is 1. The summed E-state index contributed by atoms with van der Waals surface area (Å²) in [5, 5.41) is 8.91. The van der Waals surface area contributed by atoms with Crippen LogP contribution in [0.15, 0.2) is 36.4 Å². The number of anilines is 1. The molecule has 0 bridgehead atoms. The molecule has 31 heavy (non-hydrogen) atoms. The number of urea groups is 1. The number of hydrazine groups is 1. The number of amides is 2. The minimum atomic E-state index is -0.412. The molecule has 0 radical (unpaired) electrons. The Morgan fingerprint density at radius 2 is 1.97 bits per heavy atom. The quantitative estimate of drug-likeness (QED) is 0.322. The maximum absolute atomic E-state index is 12.0. The molecule has 1 heterocycles. The Labute approximate surface area is 187 Å². The number of nitrogens with two attached hydrogens (primary N) is 1. The second-order valence-corrected chi connectivity index (χ2v) is 7.87. The number of ether oxygens (including phenoxy) is 1. The van der Waals surface area contributed by atoms with E-state index in [1.54, 1.807) is 0 Å². The molecule has 0 aliphatic carbocycles. The highest BCUT2D eigenvalue weighted by atomic mass is 35.5. The minimum absolute atomic E-state index is 0.246. The molecule has 8 heteroatoms. The van der Waals surface area contributed by atoms with Crippen LogP contribution < -0.4 is 15.9 Å². The molecular formula is C23H28ClN5O2. The van der Waals surface area contributed by atoms with Crippen LogP contribution in [0.4, 0.5) is 10.5 Å². The summed E-state index contributed by atoms with van der Waals surface area (Å²) in [5.41, 5.74) is 6.73. The minimum Gasteiger partial charge on any atom is -0.487 e. The molecule has 0 aliphatic heterocycles. The van der Waals surface area contributed by atoms with Crippen LogP contribution in [0.3, 0.4) is 0 Å². The number of aryl methyl sites for hydroxylation is 2. The van der Waals surface area contributed by atoms with Gasteiger partial charge in [0.05, 0.1) is 16.4 Å². The first kappa shape index (κ1) is 22.7. The summed E-state index contributed by atoms with van der Waals surface area (Å²) in [4.78, 5) is 12.0. The number of nitrogens with zero attached hydrogens (tertiary/aromatic N) is 3. The highest BCUT2D eigenvalue weighted by Gasteiger charge is 2.15. The first-order chi connectivity index (χ1) is 14.7. The van der Waals surface area contributed by atoms with E-state index in [-0.39, 0.29) is 6.61 Å². The molecule has 0 fully saturated rings. The van der Waals surface area contributed by atoms with Crippen molar-refractivity contribution >= 4 is 23.3 Å². The second-order valence-electron chi connectivity index (χ2n) is 7.46. The molecule has 3 rings (SSSR count). The largest absolute Gasteiger partial charge is 0.487 e. The van der Waals surface area contributed by atoms with Crippen molar-refractivity contribution in [2.45, 2.75) is 40.7 Å². The van der Waals surface area contributed by atoms with Crippen molar-refractivity contribution in [3.63, 3.8) is 0 Å². The smallest absolute Gasteiger partial charge is 0.335 e. The lowest BCUT2D eigenvalue weighted by molar-refractivity contribution is 0.223. The fraction of sp³-hybridized carbons (Fsp3) is 0.304. The first-order valence-corrected chi connectivity index (χ1v) is 10.5. The molecule has 0 unspecified atom stereocenters. The molecule has 7 nitrogen and oxygen atoms in total. The van der Waals surface area contributed by atoms with Gasteiger partial charge >= 0.3 is 6.03 Å². The van der Waals surface area contributed by atoms with E-state index >= 15 is 0 Å². The monoisotopic (exact) mass is 441 g/mol. The predicted octanol–water partition coefficient (Wildman–Crippen LogP) is 4.93. The van der Waals surface area contributed by atoms with E-state index < -0.39 is 6.03 Å². The van der Waals surface area contributed by atoms with E-state index in [0.29, 0.717) is 16.5 Å². The van der Waals surface area contributed by atoms with E-state index in [1.807, 2.05) is 54.9 Å². The SMILES string of the molecule is CCc1c(C)nn(-c2ccc(OCc3c(C)cccc3NC(=O)N(C)N)c(Cl)c2)c1C. The lowest BCUT2D eigenvalue weighted by atomic mass is 10.1. The fourth-order valence-electron chi connectivity index (χ4n) is 3.54. The van der Waals surface area contributed by atoms with Crippen molar-refractivity contribution in [3.8, 4) is 11.4 Å². The van der Waals surface area contributed by atoms with Gasteiger partial charge in [0.1, 0.15) is 12.4 Å². The van der Waals surface area contributed by atoms with Gasteiger partial charge in [-0.2, -0.15) is 5.10 Å². The topological polar surface area (TPSA) is 85.4 Å². The Morgan fingerprint density at radius 3 is 2.58 bits per heavy atom. The van der Waals surface area contributed by atoms with Gasteiger partial charge in [-0.05, 0) is 62.6 Å². The van der Waals surface area contributed by atoms with E-state index in [0.717, 1.165) is 39.6 Å². The second kappa shape index (κ2) is 9.41. The Hall–Kier alpha value is -3.03. The molecule has 0 saturated carbocycles. The Morgan fingerprint density at radius 1 is 1.23 bits per heavy atom. The van der Waals surface area contributed by atoms with Crippen LogP contribution in [0.25, 0.3) is 5.69 Å². The Bertz CT molecular complexity index is 1110. The zero-order chi connectivity index (χ0) is 22.7. The number of halogens is 1. The first-order valence-electron chi connectivity index (χ1n) is 10.1. The number of aromatic nitrogens is 2. The molecule has 0 atom stereocenters. The number of carbonyl (C=O) groups is 1. The summed E-state index contributed by atoms with van der Waals surface area (Å²) in [5.74, 6) is 6.07. The van der Waals surface area contributed by atoms with Crippen molar-refractivity contribution in [2.24, 2.45) is 5.84 Å². The van der Waals surface area contributed by atoms with Gasteiger partial charge in [0.2, 0.25) is 0 Å². The van der Waals surface area contributed by atoms with Gasteiger partial charge in [-0.1, -0.05) is 30.7 Å². The molecule has 3 N–H and O–H groups in total. The Kier molecular flexibility index (Phi) is 6.87. The van der Waals surface area contributed by atoms with Gasteiger partial charge in [-0.15, -0.1) is 0 Å². The van der Waals surface area contributed by atoms with Crippen LogP contribution in [-0.4, -0.2) is 27.9 Å². The lowest BCUT2D eigenvalue weighted by Crippen LogP contribution is -2.37. The van der Waals surface area contributed by atoms with Crippen LogP contribution in [0.1, 0.15) is 35.0 Å². The van der Waals surface area contributed by atoms with Gasteiger partial charge in [0.15, 0.2) is 0 Å². The van der Waals surface area contributed by atoms with Crippen molar-refractivity contribution in [1.29, 1.82) is 0 Å². The van der Waals surface area contributed by atoms with Gasteiger partial charge < -0.3 is 10.1 Å². The standard InChI is InChI=1S/C23H28ClN5O2/c1-6-18-15(3)27-29(16(18)4)17-10-11-22(20(24)12-17)31-13-19-14(2)8-7-9-21(19)26-23(30)28(5)25/h7-12H,6,13,25H2,1-5H3,(H,26,30). The molecule has 2 aromatic carbocycles. The third-order valence-electron chi connectivity index (χ3n) is 5.30. The highest BCUT2D eigenvalue weighted by Crippen LogP contribution is 2.30. The van der Waals surface area contributed by atoms with Crippen molar-refractivity contribution in [2.75, 3.05) is 12.4 Å². The van der Waals surface area contributed by atoms with Crippen LogP contribution in [0, 0.1) is 20.8 Å². The summed E-state index contributed by atoms with van der Waals surface area (Å²) < 4.78 is 7.90.